The van der Waals surface area contributed by atoms with Crippen molar-refractivity contribution >= 4 is 6.21 Å². The molecule has 0 spiro atoms. The Labute approximate surface area is 144 Å². The molecule has 0 N–H and O–H groups in total. The molecule has 3 rings (SSSR count). The zero-order chi connectivity index (χ0) is 16.9. The normalized spacial score (nSPS) is 12.5. The van der Waals surface area contributed by atoms with E-state index in [0.29, 0.717) is 0 Å². The molecule has 1 nitrogen and oxygen atoms in total. The fourth-order valence-corrected chi connectivity index (χ4v) is 3.00. The standard InChI is InChI=1S/C23H23N/c1-17-12-13-23(18(2)14-17)19(3)24-16-20-8-7-11-22(15-20)21-9-5-4-6-10-21/h4-16,19H,1-3H3. The maximum atomic E-state index is 4.76. The van der Waals surface area contributed by atoms with E-state index in [4.69, 9.17) is 4.99 Å². The third-order valence-corrected chi connectivity index (χ3v) is 4.32. The van der Waals surface area contributed by atoms with Crippen molar-refractivity contribution in [2.75, 3.05) is 0 Å². The topological polar surface area (TPSA) is 12.4 Å². The van der Waals surface area contributed by atoms with Crippen molar-refractivity contribution in [1.29, 1.82) is 0 Å². The average Bonchev–Trinajstić information content (AvgIpc) is 2.61. The Morgan fingerprint density at radius 2 is 1.54 bits per heavy atom. The van der Waals surface area contributed by atoms with Gasteiger partial charge in [-0.05, 0) is 54.7 Å². The van der Waals surface area contributed by atoms with Crippen LogP contribution in [-0.2, 0) is 0 Å². The molecule has 0 radical (unpaired) electrons. The van der Waals surface area contributed by atoms with E-state index in [1.54, 1.807) is 0 Å². The van der Waals surface area contributed by atoms with Gasteiger partial charge in [0, 0.05) is 6.21 Å². The van der Waals surface area contributed by atoms with Crippen molar-refractivity contribution in [1.82, 2.24) is 0 Å². The summed E-state index contributed by atoms with van der Waals surface area (Å²) in [4.78, 5) is 4.76. The molecule has 24 heavy (non-hydrogen) atoms. The molecule has 1 unspecified atom stereocenters. The van der Waals surface area contributed by atoms with Gasteiger partial charge in [0.05, 0.1) is 6.04 Å². The lowest BCUT2D eigenvalue weighted by molar-refractivity contribution is 0.816. The van der Waals surface area contributed by atoms with Crippen molar-refractivity contribution in [3.05, 3.63) is 95.1 Å². The van der Waals surface area contributed by atoms with Crippen molar-refractivity contribution in [2.24, 2.45) is 4.99 Å². The van der Waals surface area contributed by atoms with E-state index in [0.717, 1.165) is 5.56 Å². The van der Waals surface area contributed by atoms with Gasteiger partial charge >= 0.3 is 0 Å². The summed E-state index contributed by atoms with van der Waals surface area (Å²) in [6.45, 7) is 6.43. The van der Waals surface area contributed by atoms with Crippen LogP contribution in [0.3, 0.4) is 0 Å². The van der Waals surface area contributed by atoms with Gasteiger partial charge in [-0.3, -0.25) is 4.99 Å². The smallest absolute Gasteiger partial charge is 0.0723 e. The molecule has 1 heteroatoms. The van der Waals surface area contributed by atoms with E-state index in [1.165, 1.54) is 27.8 Å². The van der Waals surface area contributed by atoms with E-state index >= 15 is 0 Å². The van der Waals surface area contributed by atoms with Gasteiger partial charge in [0.2, 0.25) is 0 Å². The minimum Gasteiger partial charge on any atom is -0.285 e. The van der Waals surface area contributed by atoms with Crippen LogP contribution in [-0.4, -0.2) is 6.21 Å². The van der Waals surface area contributed by atoms with Crippen LogP contribution in [0.25, 0.3) is 11.1 Å². The van der Waals surface area contributed by atoms with E-state index in [2.05, 4.69) is 87.5 Å². The summed E-state index contributed by atoms with van der Waals surface area (Å²) in [5.74, 6) is 0. The third kappa shape index (κ3) is 3.80. The van der Waals surface area contributed by atoms with Gasteiger partial charge < -0.3 is 0 Å². The summed E-state index contributed by atoms with van der Waals surface area (Å²) in [7, 11) is 0. The fourth-order valence-electron chi connectivity index (χ4n) is 3.00. The molecule has 0 aliphatic carbocycles. The first-order valence-corrected chi connectivity index (χ1v) is 8.39. The maximum absolute atomic E-state index is 4.76. The summed E-state index contributed by atoms with van der Waals surface area (Å²) >= 11 is 0. The predicted octanol–water partition coefficient (Wildman–Crippen LogP) is 6.15. The fraction of sp³-hybridized carbons (Fsp3) is 0.174. The van der Waals surface area contributed by atoms with Crippen LogP contribution in [0.5, 0.6) is 0 Å². The van der Waals surface area contributed by atoms with Crippen molar-refractivity contribution in [3.8, 4) is 11.1 Å². The molecule has 0 fully saturated rings. The van der Waals surface area contributed by atoms with Crippen LogP contribution in [0.4, 0.5) is 0 Å². The summed E-state index contributed by atoms with van der Waals surface area (Å²) in [6, 6.07) is 25.7. The number of nitrogens with zero attached hydrogens (tertiary/aromatic N) is 1. The molecule has 0 saturated carbocycles. The lowest BCUT2D eigenvalue weighted by Crippen LogP contribution is -1.95. The van der Waals surface area contributed by atoms with Gasteiger partial charge in [0.1, 0.15) is 0 Å². The van der Waals surface area contributed by atoms with E-state index < -0.39 is 0 Å². The zero-order valence-electron chi connectivity index (χ0n) is 14.5. The van der Waals surface area contributed by atoms with Crippen LogP contribution >= 0.6 is 0 Å². The molecule has 1 atom stereocenters. The van der Waals surface area contributed by atoms with Gasteiger partial charge in [-0.1, -0.05) is 72.3 Å². The highest BCUT2D eigenvalue weighted by atomic mass is 14.8. The van der Waals surface area contributed by atoms with E-state index in [9.17, 15) is 0 Å². The average molecular weight is 313 g/mol. The second-order valence-corrected chi connectivity index (χ2v) is 6.31. The van der Waals surface area contributed by atoms with Crippen LogP contribution in [0.2, 0.25) is 0 Å². The largest absolute Gasteiger partial charge is 0.285 e. The number of aryl methyl sites for hydroxylation is 2. The first kappa shape index (κ1) is 16.2. The Morgan fingerprint density at radius 1 is 0.792 bits per heavy atom. The predicted molar refractivity (Wildman–Crippen MR) is 104 cm³/mol. The van der Waals surface area contributed by atoms with Crippen molar-refractivity contribution < 1.29 is 0 Å². The summed E-state index contributed by atoms with van der Waals surface area (Å²) in [5.41, 5.74) is 7.47. The molecule has 0 bridgehead atoms. The third-order valence-electron chi connectivity index (χ3n) is 4.32. The van der Waals surface area contributed by atoms with Gasteiger partial charge in [0.15, 0.2) is 0 Å². The minimum atomic E-state index is 0.158. The highest BCUT2D eigenvalue weighted by molar-refractivity contribution is 5.82. The molecular weight excluding hydrogens is 290 g/mol. The Bertz CT molecular complexity index is 847. The Morgan fingerprint density at radius 3 is 2.29 bits per heavy atom. The minimum absolute atomic E-state index is 0.158. The Kier molecular flexibility index (Phi) is 4.90. The Hall–Kier alpha value is -2.67. The monoisotopic (exact) mass is 313 g/mol. The first-order chi connectivity index (χ1) is 11.6. The number of benzene rings is 3. The van der Waals surface area contributed by atoms with Crippen molar-refractivity contribution in [3.63, 3.8) is 0 Å². The van der Waals surface area contributed by atoms with Crippen LogP contribution < -0.4 is 0 Å². The second-order valence-electron chi connectivity index (χ2n) is 6.31. The molecule has 0 aliphatic rings. The first-order valence-electron chi connectivity index (χ1n) is 8.39. The number of aliphatic imine (C=N–C) groups is 1. The lowest BCUT2D eigenvalue weighted by atomic mass is 10.0. The van der Waals surface area contributed by atoms with Crippen LogP contribution in [0.15, 0.2) is 77.8 Å². The highest BCUT2D eigenvalue weighted by Gasteiger charge is 2.06. The van der Waals surface area contributed by atoms with Crippen molar-refractivity contribution in [2.45, 2.75) is 26.8 Å². The van der Waals surface area contributed by atoms with Gasteiger partial charge in [0.25, 0.3) is 0 Å². The second kappa shape index (κ2) is 7.27. The number of hydrogen-bond acceptors (Lipinski definition) is 1. The molecule has 3 aromatic carbocycles. The van der Waals surface area contributed by atoms with Gasteiger partial charge in [-0.2, -0.15) is 0 Å². The summed E-state index contributed by atoms with van der Waals surface area (Å²) in [6.07, 6.45) is 1.98. The molecule has 0 aliphatic heterocycles. The maximum Gasteiger partial charge on any atom is 0.0723 e. The van der Waals surface area contributed by atoms with Gasteiger partial charge in [-0.25, -0.2) is 0 Å². The molecular formula is C23H23N. The quantitative estimate of drug-likeness (QED) is 0.512. The molecule has 0 saturated heterocycles. The van der Waals surface area contributed by atoms with Crippen LogP contribution in [0.1, 0.15) is 35.2 Å². The van der Waals surface area contributed by atoms with E-state index in [1.807, 2.05) is 12.3 Å². The number of rotatable bonds is 4. The van der Waals surface area contributed by atoms with Crippen LogP contribution in [0, 0.1) is 13.8 Å². The SMILES string of the molecule is Cc1ccc(C(C)N=Cc2cccc(-c3ccccc3)c2)c(C)c1. The Balaban J connectivity index is 1.82. The molecule has 0 aromatic heterocycles. The molecule has 3 aromatic rings. The summed E-state index contributed by atoms with van der Waals surface area (Å²) < 4.78 is 0. The summed E-state index contributed by atoms with van der Waals surface area (Å²) in [5, 5.41) is 0. The van der Waals surface area contributed by atoms with E-state index in [-0.39, 0.29) is 6.04 Å². The highest BCUT2D eigenvalue weighted by Crippen LogP contribution is 2.23. The van der Waals surface area contributed by atoms with Gasteiger partial charge in [-0.15, -0.1) is 0 Å². The molecule has 0 heterocycles. The number of hydrogen-bond donors (Lipinski definition) is 0. The lowest BCUT2D eigenvalue weighted by Gasteiger charge is -2.11. The molecule has 0 amide bonds. The molecule has 120 valence electrons. The zero-order valence-corrected chi connectivity index (χ0v) is 14.5.